The molecule has 124 valence electrons. The molecule has 0 spiro atoms. The number of ether oxygens (including phenoxy) is 1. The summed E-state index contributed by atoms with van der Waals surface area (Å²) < 4.78 is 7.56. The van der Waals surface area contributed by atoms with Gasteiger partial charge in [0.2, 0.25) is 5.91 Å². The van der Waals surface area contributed by atoms with Crippen LogP contribution in [0.25, 0.3) is 0 Å². The van der Waals surface area contributed by atoms with Gasteiger partial charge >= 0.3 is 0 Å². The van der Waals surface area contributed by atoms with Gasteiger partial charge < -0.3 is 14.6 Å². The highest BCUT2D eigenvalue weighted by Crippen LogP contribution is 2.16. The third-order valence-electron chi connectivity index (χ3n) is 3.62. The van der Waals surface area contributed by atoms with Crippen molar-refractivity contribution in [3.05, 3.63) is 5.82 Å². The van der Waals surface area contributed by atoms with E-state index in [4.69, 9.17) is 4.74 Å². The number of carbonyl (C=O) groups is 1. The fraction of sp³-hybridized carbons (Fsp3) is 0.800. The number of hydrogen-bond acceptors (Lipinski definition) is 5. The summed E-state index contributed by atoms with van der Waals surface area (Å²) in [5, 5.41) is 12.4. The number of aryl methyl sites for hydroxylation is 1. The summed E-state index contributed by atoms with van der Waals surface area (Å²) in [5.74, 6) is 1.58. The summed E-state index contributed by atoms with van der Waals surface area (Å²) in [6.45, 7) is 6.67. The molecule has 1 aliphatic heterocycles. The van der Waals surface area contributed by atoms with Crippen molar-refractivity contribution in [2.24, 2.45) is 5.92 Å². The molecule has 1 aromatic heterocycles. The average molecular weight is 326 g/mol. The van der Waals surface area contributed by atoms with Crippen LogP contribution >= 0.6 is 11.8 Å². The van der Waals surface area contributed by atoms with Gasteiger partial charge in [-0.05, 0) is 31.4 Å². The summed E-state index contributed by atoms with van der Waals surface area (Å²) >= 11 is 1.62. The van der Waals surface area contributed by atoms with E-state index >= 15 is 0 Å². The molecule has 1 aliphatic rings. The van der Waals surface area contributed by atoms with Crippen molar-refractivity contribution in [2.45, 2.75) is 57.3 Å². The minimum absolute atomic E-state index is 0.0194. The summed E-state index contributed by atoms with van der Waals surface area (Å²) in [4.78, 5) is 11.8. The highest BCUT2D eigenvalue weighted by molar-refractivity contribution is 7.98. The van der Waals surface area contributed by atoms with E-state index in [1.54, 1.807) is 11.8 Å². The molecule has 0 bridgehead atoms. The molecule has 1 N–H and O–H groups in total. The van der Waals surface area contributed by atoms with Gasteiger partial charge in [0.05, 0.1) is 0 Å². The van der Waals surface area contributed by atoms with E-state index in [1.807, 2.05) is 6.26 Å². The summed E-state index contributed by atoms with van der Waals surface area (Å²) in [5.41, 5.74) is 0. The molecule has 0 aliphatic carbocycles. The highest BCUT2D eigenvalue weighted by Gasteiger charge is 2.22. The van der Waals surface area contributed by atoms with E-state index in [2.05, 4.69) is 33.9 Å². The van der Waals surface area contributed by atoms with Gasteiger partial charge in [0.1, 0.15) is 11.9 Å². The van der Waals surface area contributed by atoms with Crippen LogP contribution in [-0.4, -0.2) is 46.2 Å². The minimum Gasteiger partial charge on any atom is -0.368 e. The lowest BCUT2D eigenvalue weighted by atomic mass is 10.2. The van der Waals surface area contributed by atoms with Gasteiger partial charge in [-0.25, -0.2) is 0 Å². The van der Waals surface area contributed by atoms with Crippen LogP contribution in [0.1, 0.15) is 38.9 Å². The Morgan fingerprint density at radius 3 is 2.95 bits per heavy atom. The Kier molecular flexibility index (Phi) is 6.70. The molecule has 1 saturated heterocycles. The van der Waals surface area contributed by atoms with E-state index in [0.29, 0.717) is 19.1 Å². The van der Waals surface area contributed by atoms with E-state index in [9.17, 15) is 4.79 Å². The Bertz CT molecular complexity index is 484. The lowest BCUT2D eigenvalue weighted by molar-refractivity contribution is -0.130. The molecule has 7 heteroatoms. The third kappa shape index (κ3) is 4.71. The van der Waals surface area contributed by atoms with Crippen molar-refractivity contribution >= 4 is 17.7 Å². The molecular formula is C15H26N4O2S. The largest absolute Gasteiger partial charge is 0.368 e. The van der Waals surface area contributed by atoms with Gasteiger partial charge in [-0.1, -0.05) is 25.6 Å². The number of rotatable bonds is 8. The number of nitrogens with zero attached hydrogens (tertiary/aromatic N) is 3. The van der Waals surface area contributed by atoms with Crippen LogP contribution in [0.3, 0.4) is 0 Å². The third-order valence-corrected chi connectivity index (χ3v) is 4.29. The van der Waals surface area contributed by atoms with E-state index in [-0.39, 0.29) is 12.0 Å². The molecule has 1 aromatic rings. The maximum Gasteiger partial charge on any atom is 0.249 e. The Morgan fingerprint density at radius 1 is 1.50 bits per heavy atom. The fourth-order valence-electron chi connectivity index (χ4n) is 2.56. The van der Waals surface area contributed by atoms with Crippen LogP contribution in [0.2, 0.25) is 0 Å². The Morgan fingerprint density at radius 2 is 2.32 bits per heavy atom. The average Bonchev–Trinajstić information content (AvgIpc) is 3.13. The number of nitrogens with one attached hydrogen (secondary N) is 1. The molecule has 0 saturated carbocycles. The second kappa shape index (κ2) is 8.53. The van der Waals surface area contributed by atoms with Crippen molar-refractivity contribution in [1.29, 1.82) is 0 Å². The Labute approximate surface area is 136 Å². The topological polar surface area (TPSA) is 69.0 Å². The van der Waals surface area contributed by atoms with Crippen LogP contribution in [0.15, 0.2) is 5.16 Å². The van der Waals surface area contributed by atoms with Crippen LogP contribution in [0.4, 0.5) is 0 Å². The SMILES string of the molecule is CSc1nnc(CCCNC(=O)C2CCCO2)n1CC(C)C. The molecule has 1 atom stereocenters. The highest BCUT2D eigenvalue weighted by atomic mass is 32.2. The Hall–Kier alpha value is -1.08. The lowest BCUT2D eigenvalue weighted by Crippen LogP contribution is -2.34. The smallest absolute Gasteiger partial charge is 0.249 e. The van der Waals surface area contributed by atoms with Crippen LogP contribution in [-0.2, 0) is 22.5 Å². The first-order valence-electron chi connectivity index (χ1n) is 7.97. The Balaban J connectivity index is 1.78. The van der Waals surface area contributed by atoms with Gasteiger partial charge in [-0.2, -0.15) is 0 Å². The fourth-order valence-corrected chi connectivity index (χ4v) is 3.08. The van der Waals surface area contributed by atoms with Crippen molar-refractivity contribution in [3.8, 4) is 0 Å². The molecule has 2 rings (SSSR count). The van der Waals surface area contributed by atoms with Crippen molar-refractivity contribution in [2.75, 3.05) is 19.4 Å². The first kappa shape index (κ1) is 17.3. The van der Waals surface area contributed by atoms with E-state index in [0.717, 1.165) is 43.2 Å². The molecule has 2 heterocycles. The van der Waals surface area contributed by atoms with Crippen LogP contribution < -0.4 is 5.32 Å². The quantitative estimate of drug-likeness (QED) is 0.583. The number of hydrogen-bond donors (Lipinski definition) is 1. The summed E-state index contributed by atoms with van der Waals surface area (Å²) in [6.07, 6.45) is 5.29. The second-order valence-electron chi connectivity index (χ2n) is 6.00. The molecule has 0 radical (unpaired) electrons. The lowest BCUT2D eigenvalue weighted by Gasteiger charge is -2.12. The molecule has 0 aromatic carbocycles. The van der Waals surface area contributed by atoms with E-state index in [1.165, 1.54) is 0 Å². The zero-order valence-electron chi connectivity index (χ0n) is 13.7. The first-order valence-corrected chi connectivity index (χ1v) is 9.19. The van der Waals surface area contributed by atoms with Gasteiger partial charge in [-0.3, -0.25) is 4.79 Å². The number of thioether (sulfide) groups is 1. The van der Waals surface area contributed by atoms with Gasteiger partial charge in [0, 0.05) is 26.1 Å². The van der Waals surface area contributed by atoms with Crippen LogP contribution in [0.5, 0.6) is 0 Å². The zero-order chi connectivity index (χ0) is 15.9. The molecule has 1 amide bonds. The standard InChI is InChI=1S/C15H26N4O2S/c1-11(2)10-19-13(17-18-15(19)22-3)7-4-8-16-14(20)12-6-5-9-21-12/h11-12H,4-10H2,1-3H3,(H,16,20). The predicted molar refractivity (Wildman–Crippen MR) is 86.9 cm³/mol. The van der Waals surface area contributed by atoms with Crippen molar-refractivity contribution < 1.29 is 9.53 Å². The molecular weight excluding hydrogens is 300 g/mol. The molecule has 6 nitrogen and oxygen atoms in total. The minimum atomic E-state index is -0.243. The monoisotopic (exact) mass is 326 g/mol. The van der Waals surface area contributed by atoms with Crippen molar-refractivity contribution in [1.82, 2.24) is 20.1 Å². The zero-order valence-corrected chi connectivity index (χ0v) is 14.5. The first-order chi connectivity index (χ1) is 10.6. The van der Waals surface area contributed by atoms with Gasteiger partial charge in [0.25, 0.3) is 0 Å². The summed E-state index contributed by atoms with van der Waals surface area (Å²) in [7, 11) is 0. The predicted octanol–water partition coefficient (Wildman–Crippen LogP) is 1.88. The van der Waals surface area contributed by atoms with Crippen LogP contribution in [0, 0.1) is 5.92 Å². The summed E-state index contributed by atoms with van der Waals surface area (Å²) in [6, 6.07) is 0. The maximum atomic E-state index is 11.8. The molecule has 1 fully saturated rings. The van der Waals surface area contributed by atoms with Gasteiger partial charge in [0.15, 0.2) is 5.16 Å². The number of carbonyl (C=O) groups excluding carboxylic acids is 1. The molecule has 22 heavy (non-hydrogen) atoms. The van der Waals surface area contributed by atoms with E-state index < -0.39 is 0 Å². The van der Waals surface area contributed by atoms with Crippen molar-refractivity contribution in [3.63, 3.8) is 0 Å². The number of amides is 1. The normalized spacial score (nSPS) is 18.1. The number of aromatic nitrogens is 3. The van der Waals surface area contributed by atoms with Gasteiger partial charge in [-0.15, -0.1) is 10.2 Å². The second-order valence-corrected chi connectivity index (χ2v) is 6.78. The molecule has 1 unspecified atom stereocenters. The maximum absolute atomic E-state index is 11.8.